The van der Waals surface area contributed by atoms with Crippen molar-refractivity contribution >= 4 is 49.4 Å². The van der Waals surface area contributed by atoms with Crippen LogP contribution in [0.4, 0.5) is 0 Å². The average molecular weight is 535 g/mol. The van der Waals surface area contributed by atoms with E-state index in [9.17, 15) is 4.79 Å². The molecule has 1 nitrogen and oxygen atoms in total. The van der Waals surface area contributed by atoms with Crippen molar-refractivity contribution < 1.29 is 4.79 Å². The summed E-state index contributed by atoms with van der Waals surface area (Å²) < 4.78 is 0. The first-order chi connectivity index (χ1) is 20.8. The van der Waals surface area contributed by atoms with E-state index in [4.69, 9.17) is 0 Å². The minimum atomic E-state index is 0.718. The highest BCUT2D eigenvalue weighted by atomic mass is 16.1. The third-order valence-electron chi connectivity index (χ3n) is 8.54. The summed E-state index contributed by atoms with van der Waals surface area (Å²) in [4.78, 5) is 11.7. The number of fused-ring (bicyclic) bond motifs is 4. The van der Waals surface area contributed by atoms with Crippen LogP contribution in [-0.4, -0.2) is 6.29 Å². The Morgan fingerprint density at radius 1 is 0.357 bits per heavy atom. The van der Waals surface area contributed by atoms with E-state index in [1.807, 2.05) is 24.3 Å². The van der Waals surface area contributed by atoms with E-state index in [0.717, 1.165) is 33.7 Å². The summed E-state index contributed by atoms with van der Waals surface area (Å²) in [6.45, 7) is 0. The standard InChI is InChI=1S/C41H26O/c42-26-32-11-7-18-35-33(16-8-17-34(32)35)28-20-22-29(23-21-28)40-36-12-3-5-14-38(36)41(39-15-6-4-13-37(39)40)31-24-19-27-9-1-2-10-30(27)25-31/h1-26H. The Bertz CT molecular complexity index is 2250. The van der Waals surface area contributed by atoms with Gasteiger partial charge < -0.3 is 0 Å². The van der Waals surface area contributed by atoms with Crippen LogP contribution in [0.5, 0.6) is 0 Å². The van der Waals surface area contributed by atoms with Gasteiger partial charge in [-0.05, 0) is 82.5 Å². The monoisotopic (exact) mass is 534 g/mol. The smallest absolute Gasteiger partial charge is 0.150 e. The van der Waals surface area contributed by atoms with Crippen molar-refractivity contribution in [1.29, 1.82) is 0 Å². The minimum absolute atomic E-state index is 0.718. The molecule has 1 heteroatoms. The lowest BCUT2D eigenvalue weighted by molar-refractivity contribution is 0.112. The van der Waals surface area contributed by atoms with Gasteiger partial charge in [-0.25, -0.2) is 0 Å². The maximum absolute atomic E-state index is 11.7. The molecule has 8 aromatic rings. The molecule has 0 aliphatic carbocycles. The minimum Gasteiger partial charge on any atom is -0.298 e. The number of carbonyl (C=O) groups excluding carboxylic acids is 1. The lowest BCUT2D eigenvalue weighted by atomic mass is 9.85. The molecule has 0 heterocycles. The van der Waals surface area contributed by atoms with E-state index in [1.54, 1.807) is 0 Å². The first kappa shape index (κ1) is 24.3. The highest BCUT2D eigenvalue weighted by Crippen LogP contribution is 2.44. The van der Waals surface area contributed by atoms with Crippen molar-refractivity contribution in [3.63, 3.8) is 0 Å². The molecule has 0 saturated carbocycles. The number of aldehydes is 1. The van der Waals surface area contributed by atoms with Crippen molar-refractivity contribution in [3.05, 3.63) is 157 Å². The molecule has 0 spiro atoms. The zero-order chi connectivity index (χ0) is 28.0. The molecule has 0 aliphatic heterocycles. The van der Waals surface area contributed by atoms with Gasteiger partial charge in [0.25, 0.3) is 0 Å². The van der Waals surface area contributed by atoms with Gasteiger partial charge in [0.15, 0.2) is 6.29 Å². The lowest BCUT2D eigenvalue weighted by Crippen LogP contribution is -1.91. The van der Waals surface area contributed by atoms with Crippen LogP contribution in [0, 0.1) is 0 Å². The van der Waals surface area contributed by atoms with Crippen LogP contribution in [0.2, 0.25) is 0 Å². The Kier molecular flexibility index (Phi) is 5.68. The molecule has 0 bridgehead atoms. The third kappa shape index (κ3) is 3.83. The van der Waals surface area contributed by atoms with Gasteiger partial charge in [-0.2, -0.15) is 0 Å². The zero-order valence-electron chi connectivity index (χ0n) is 22.9. The molecular weight excluding hydrogens is 508 g/mol. The molecule has 0 atom stereocenters. The fourth-order valence-corrected chi connectivity index (χ4v) is 6.60. The molecule has 0 aromatic heterocycles. The Balaban J connectivity index is 1.34. The van der Waals surface area contributed by atoms with Crippen LogP contribution < -0.4 is 0 Å². The number of hydrogen-bond acceptors (Lipinski definition) is 1. The molecule has 0 radical (unpaired) electrons. The van der Waals surface area contributed by atoms with E-state index >= 15 is 0 Å². The van der Waals surface area contributed by atoms with Gasteiger partial charge in [-0.1, -0.05) is 146 Å². The zero-order valence-corrected chi connectivity index (χ0v) is 22.9. The van der Waals surface area contributed by atoms with E-state index in [0.29, 0.717) is 0 Å². The molecule has 8 aromatic carbocycles. The first-order valence-electron chi connectivity index (χ1n) is 14.3. The first-order valence-corrected chi connectivity index (χ1v) is 14.3. The molecule has 8 rings (SSSR count). The van der Waals surface area contributed by atoms with E-state index in [1.165, 1.54) is 54.6 Å². The molecule has 42 heavy (non-hydrogen) atoms. The number of carbonyl (C=O) groups is 1. The van der Waals surface area contributed by atoms with Gasteiger partial charge in [0.05, 0.1) is 0 Å². The average Bonchev–Trinajstić information content (AvgIpc) is 3.06. The fraction of sp³-hybridized carbons (Fsp3) is 0. The van der Waals surface area contributed by atoms with Crippen LogP contribution in [0.15, 0.2) is 152 Å². The summed E-state index contributed by atoms with van der Waals surface area (Å²) in [7, 11) is 0. The van der Waals surface area contributed by atoms with E-state index in [-0.39, 0.29) is 0 Å². The Hall–Kier alpha value is -5.53. The normalized spacial score (nSPS) is 11.4. The van der Waals surface area contributed by atoms with Crippen molar-refractivity contribution in [2.24, 2.45) is 0 Å². The van der Waals surface area contributed by atoms with Gasteiger partial charge in [0.1, 0.15) is 0 Å². The van der Waals surface area contributed by atoms with E-state index in [2.05, 4.69) is 127 Å². The van der Waals surface area contributed by atoms with Gasteiger partial charge in [0.2, 0.25) is 0 Å². The predicted octanol–water partition coefficient (Wildman–Crippen LogP) is 11.1. The summed E-state index contributed by atoms with van der Waals surface area (Å²) >= 11 is 0. The SMILES string of the molecule is O=Cc1cccc2c(-c3ccc(-c4c5ccccc5c(-c5ccc6ccccc6c5)c5ccccc45)cc3)cccc12. The summed E-state index contributed by atoms with van der Waals surface area (Å²) in [5, 5.41) is 9.56. The van der Waals surface area contributed by atoms with Crippen molar-refractivity contribution in [1.82, 2.24) is 0 Å². The highest BCUT2D eigenvalue weighted by molar-refractivity contribution is 6.21. The number of benzene rings is 8. The van der Waals surface area contributed by atoms with Gasteiger partial charge in [0, 0.05) is 5.56 Å². The van der Waals surface area contributed by atoms with Crippen LogP contribution in [0.25, 0.3) is 76.5 Å². The summed E-state index contributed by atoms with van der Waals surface area (Å²) in [5.74, 6) is 0. The maximum atomic E-state index is 11.7. The molecule has 0 N–H and O–H groups in total. The molecule has 0 amide bonds. The molecule has 0 aliphatic rings. The van der Waals surface area contributed by atoms with Crippen molar-refractivity contribution in [2.75, 3.05) is 0 Å². The largest absolute Gasteiger partial charge is 0.298 e. The Morgan fingerprint density at radius 2 is 0.857 bits per heavy atom. The topological polar surface area (TPSA) is 17.1 Å². The third-order valence-corrected chi connectivity index (χ3v) is 8.54. The molecule has 0 unspecified atom stereocenters. The maximum Gasteiger partial charge on any atom is 0.150 e. The van der Waals surface area contributed by atoms with Crippen LogP contribution in [0.3, 0.4) is 0 Å². The second-order valence-electron chi connectivity index (χ2n) is 10.8. The van der Waals surface area contributed by atoms with Gasteiger partial charge >= 0.3 is 0 Å². The fourth-order valence-electron chi connectivity index (χ4n) is 6.60. The molecule has 0 saturated heterocycles. The highest BCUT2D eigenvalue weighted by Gasteiger charge is 2.17. The Morgan fingerprint density at radius 3 is 1.52 bits per heavy atom. The summed E-state index contributed by atoms with van der Waals surface area (Å²) in [6.07, 6.45) is 0.938. The predicted molar refractivity (Wildman–Crippen MR) is 178 cm³/mol. The van der Waals surface area contributed by atoms with Crippen molar-refractivity contribution in [3.8, 4) is 33.4 Å². The van der Waals surface area contributed by atoms with Gasteiger partial charge in [-0.3, -0.25) is 4.79 Å². The molecule has 0 fully saturated rings. The number of rotatable bonds is 4. The quantitative estimate of drug-likeness (QED) is 0.162. The van der Waals surface area contributed by atoms with Crippen LogP contribution in [0.1, 0.15) is 10.4 Å². The van der Waals surface area contributed by atoms with E-state index < -0.39 is 0 Å². The summed E-state index contributed by atoms with van der Waals surface area (Å²) in [5.41, 5.74) is 7.92. The molecule has 196 valence electrons. The molecular formula is C41H26O. The van der Waals surface area contributed by atoms with Crippen molar-refractivity contribution in [2.45, 2.75) is 0 Å². The second-order valence-corrected chi connectivity index (χ2v) is 10.8. The van der Waals surface area contributed by atoms with Crippen LogP contribution in [-0.2, 0) is 0 Å². The van der Waals surface area contributed by atoms with Crippen LogP contribution >= 0.6 is 0 Å². The van der Waals surface area contributed by atoms with Gasteiger partial charge in [-0.15, -0.1) is 0 Å². The Labute approximate surface area is 244 Å². The number of hydrogen-bond donors (Lipinski definition) is 0. The lowest BCUT2D eigenvalue weighted by Gasteiger charge is -2.18. The second kappa shape index (κ2) is 9.83. The summed E-state index contributed by atoms with van der Waals surface area (Å²) in [6, 6.07) is 53.9.